The predicted molar refractivity (Wildman–Crippen MR) is 86.7 cm³/mol. The monoisotopic (exact) mass is 331 g/mol. The molecule has 2 amide bonds. The van der Waals surface area contributed by atoms with Gasteiger partial charge in [0.25, 0.3) is 0 Å². The Bertz CT molecular complexity index is 487. The molecule has 0 bridgehead atoms. The number of anilines is 1. The first kappa shape index (κ1) is 20.0. The van der Waals surface area contributed by atoms with Gasteiger partial charge in [-0.3, -0.25) is 9.59 Å². The molecule has 0 aliphatic heterocycles. The van der Waals surface area contributed by atoms with Gasteiger partial charge in [-0.05, 0) is 6.92 Å². The van der Waals surface area contributed by atoms with Gasteiger partial charge in [0.05, 0.1) is 20.8 Å². The van der Waals surface area contributed by atoms with Gasteiger partial charge in [0.2, 0.25) is 11.8 Å². The SMILES string of the molecule is COc1cc(NC(=O)CNC(=O)CC(C)N)cc(OC)c1.Cl. The van der Waals surface area contributed by atoms with Crippen molar-refractivity contribution >= 4 is 29.9 Å². The number of benzene rings is 1. The smallest absolute Gasteiger partial charge is 0.243 e. The molecule has 1 atom stereocenters. The number of amides is 2. The molecule has 1 aromatic rings. The normalized spacial score (nSPS) is 10.9. The van der Waals surface area contributed by atoms with Crippen LogP contribution in [0.25, 0.3) is 0 Å². The zero-order chi connectivity index (χ0) is 15.8. The fraction of sp³-hybridized carbons (Fsp3) is 0.429. The molecule has 0 fully saturated rings. The minimum atomic E-state index is -0.344. The molecule has 0 heterocycles. The van der Waals surface area contributed by atoms with E-state index in [4.69, 9.17) is 15.2 Å². The van der Waals surface area contributed by atoms with Crippen LogP contribution >= 0.6 is 12.4 Å². The van der Waals surface area contributed by atoms with Crippen molar-refractivity contribution in [2.45, 2.75) is 19.4 Å². The summed E-state index contributed by atoms with van der Waals surface area (Å²) in [5.74, 6) is 0.517. The van der Waals surface area contributed by atoms with E-state index in [1.165, 1.54) is 14.2 Å². The Balaban J connectivity index is 0.00000441. The second kappa shape index (κ2) is 9.86. The Labute approximate surface area is 135 Å². The van der Waals surface area contributed by atoms with Crippen LogP contribution in [-0.4, -0.2) is 38.6 Å². The average molecular weight is 332 g/mol. The fourth-order valence-electron chi connectivity index (χ4n) is 1.63. The van der Waals surface area contributed by atoms with Crippen LogP contribution in [0.1, 0.15) is 13.3 Å². The first-order chi connectivity index (χ1) is 9.94. The lowest BCUT2D eigenvalue weighted by Gasteiger charge is -2.11. The van der Waals surface area contributed by atoms with E-state index < -0.39 is 0 Å². The van der Waals surface area contributed by atoms with Crippen LogP contribution in [0.4, 0.5) is 5.69 Å². The molecule has 0 spiro atoms. The van der Waals surface area contributed by atoms with Gasteiger partial charge in [0.1, 0.15) is 11.5 Å². The van der Waals surface area contributed by atoms with Gasteiger partial charge in [-0.1, -0.05) is 0 Å². The number of hydrogen-bond acceptors (Lipinski definition) is 5. The van der Waals surface area contributed by atoms with Crippen molar-refractivity contribution in [1.82, 2.24) is 5.32 Å². The van der Waals surface area contributed by atoms with Crippen molar-refractivity contribution in [3.63, 3.8) is 0 Å². The van der Waals surface area contributed by atoms with Crippen LogP contribution in [0.5, 0.6) is 11.5 Å². The van der Waals surface area contributed by atoms with E-state index >= 15 is 0 Å². The lowest BCUT2D eigenvalue weighted by molar-refractivity contribution is -0.124. The summed E-state index contributed by atoms with van der Waals surface area (Å²) in [4.78, 5) is 23.2. The lowest BCUT2D eigenvalue weighted by Crippen LogP contribution is -2.35. The lowest BCUT2D eigenvalue weighted by atomic mass is 10.2. The minimum absolute atomic E-state index is 0. The van der Waals surface area contributed by atoms with Crippen molar-refractivity contribution in [2.75, 3.05) is 26.1 Å². The second-order valence-corrected chi connectivity index (χ2v) is 4.61. The second-order valence-electron chi connectivity index (χ2n) is 4.61. The number of carbonyl (C=O) groups is 2. The molecule has 0 saturated heterocycles. The maximum Gasteiger partial charge on any atom is 0.243 e. The number of rotatable bonds is 7. The molecule has 1 rings (SSSR count). The number of halogens is 1. The molecule has 0 aliphatic carbocycles. The van der Waals surface area contributed by atoms with Gasteiger partial charge in [-0.2, -0.15) is 0 Å². The summed E-state index contributed by atoms with van der Waals surface area (Å²) < 4.78 is 10.2. The highest BCUT2D eigenvalue weighted by Gasteiger charge is 2.09. The highest BCUT2D eigenvalue weighted by molar-refractivity contribution is 5.94. The molecule has 0 radical (unpaired) electrons. The Morgan fingerprint density at radius 1 is 1.14 bits per heavy atom. The maximum atomic E-state index is 11.8. The Morgan fingerprint density at radius 2 is 1.68 bits per heavy atom. The molecule has 4 N–H and O–H groups in total. The molecule has 22 heavy (non-hydrogen) atoms. The quantitative estimate of drug-likeness (QED) is 0.689. The Kier molecular flexibility index (Phi) is 8.97. The van der Waals surface area contributed by atoms with E-state index in [-0.39, 0.29) is 43.2 Å². The number of nitrogens with two attached hydrogens (primary N) is 1. The van der Waals surface area contributed by atoms with Crippen molar-refractivity contribution in [2.24, 2.45) is 5.73 Å². The number of ether oxygens (including phenoxy) is 2. The molecule has 0 aromatic heterocycles. The molecule has 7 nitrogen and oxygen atoms in total. The van der Waals surface area contributed by atoms with E-state index in [1.54, 1.807) is 25.1 Å². The number of nitrogens with one attached hydrogen (secondary N) is 2. The summed E-state index contributed by atoms with van der Waals surface area (Å²) in [7, 11) is 3.04. The zero-order valence-electron chi connectivity index (χ0n) is 12.8. The summed E-state index contributed by atoms with van der Waals surface area (Å²) >= 11 is 0. The van der Waals surface area contributed by atoms with E-state index in [2.05, 4.69) is 10.6 Å². The van der Waals surface area contributed by atoms with Gasteiger partial charge >= 0.3 is 0 Å². The van der Waals surface area contributed by atoms with Crippen LogP contribution in [0.15, 0.2) is 18.2 Å². The van der Waals surface area contributed by atoms with Gasteiger partial charge < -0.3 is 25.8 Å². The third kappa shape index (κ3) is 7.14. The third-order valence-electron chi connectivity index (χ3n) is 2.59. The molecule has 1 aromatic carbocycles. The number of hydrogen-bond donors (Lipinski definition) is 3. The molecule has 0 saturated carbocycles. The number of carbonyl (C=O) groups excluding carboxylic acids is 2. The van der Waals surface area contributed by atoms with Gasteiger partial charge in [-0.15, -0.1) is 12.4 Å². The van der Waals surface area contributed by atoms with Crippen LogP contribution in [0.3, 0.4) is 0 Å². The van der Waals surface area contributed by atoms with Crippen LogP contribution in [0, 0.1) is 0 Å². The Hall–Kier alpha value is -1.99. The number of methoxy groups -OCH3 is 2. The molecule has 0 aliphatic rings. The average Bonchev–Trinajstić information content (AvgIpc) is 2.44. The van der Waals surface area contributed by atoms with Gasteiger partial charge in [0, 0.05) is 36.3 Å². The van der Waals surface area contributed by atoms with E-state index in [0.29, 0.717) is 17.2 Å². The summed E-state index contributed by atoms with van der Waals surface area (Å²) in [6, 6.07) is 4.77. The van der Waals surface area contributed by atoms with Crippen molar-refractivity contribution in [3.05, 3.63) is 18.2 Å². The standard InChI is InChI=1S/C14H21N3O4.ClH/c1-9(15)4-13(18)16-8-14(19)17-10-5-11(20-2)7-12(6-10)21-3;/h5-7,9H,4,8,15H2,1-3H3,(H,16,18)(H,17,19);1H. The summed E-state index contributed by atoms with van der Waals surface area (Å²) in [5.41, 5.74) is 6.02. The first-order valence-electron chi connectivity index (χ1n) is 6.49. The van der Waals surface area contributed by atoms with Gasteiger partial charge in [-0.25, -0.2) is 0 Å². The van der Waals surface area contributed by atoms with E-state index in [9.17, 15) is 9.59 Å². The van der Waals surface area contributed by atoms with E-state index in [0.717, 1.165) is 0 Å². The molecule has 1 unspecified atom stereocenters. The van der Waals surface area contributed by atoms with Crippen LogP contribution in [-0.2, 0) is 9.59 Å². The predicted octanol–water partition coefficient (Wildman–Crippen LogP) is 0.918. The zero-order valence-corrected chi connectivity index (χ0v) is 13.7. The molecular weight excluding hydrogens is 310 g/mol. The minimum Gasteiger partial charge on any atom is -0.497 e. The molecular formula is C14H22ClN3O4. The van der Waals surface area contributed by atoms with Crippen molar-refractivity contribution < 1.29 is 19.1 Å². The summed E-state index contributed by atoms with van der Waals surface area (Å²) in [6.07, 6.45) is 0.181. The van der Waals surface area contributed by atoms with Crippen molar-refractivity contribution in [1.29, 1.82) is 0 Å². The maximum absolute atomic E-state index is 11.8. The highest BCUT2D eigenvalue weighted by atomic mass is 35.5. The largest absolute Gasteiger partial charge is 0.497 e. The fourth-order valence-corrected chi connectivity index (χ4v) is 1.63. The Morgan fingerprint density at radius 3 is 2.14 bits per heavy atom. The summed E-state index contributed by atoms with van der Waals surface area (Å²) in [6.45, 7) is 1.60. The first-order valence-corrected chi connectivity index (χ1v) is 6.49. The third-order valence-corrected chi connectivity index (χ3v) is 2.59. The van der Waals surface area contributed by atoms with Crippen LogP contribution < -0.4 is 25.8 Å². The topological polar surface area (TPSA) is 103 Å². The van der Waals surface area contributed by atoms with Crippen molar-refractivity contribution in [3.8, 4) is 11.5 Å². The highest BCUT2D eigenvalue weighted by Crippen LogP contribution is 2.25. The molecule has 124 valence electrons. The molecule has 8 heteroatoms. The van der Waals surface area contributed by atoms with E-state index in [1.807, 2.05) is 0 Å². The summed E-state index contributed by atoms with van der Waals surface area (Å²) in [5, 5.41) is 5.15. The van der Waals surface area contributed by atoms with Gasteiger partial charge in [0.15, 0.2) is 0 Å². The van der Waals surface area contributed by atoms with Crippen LogP contribution in [0.2, 0.25) is 0 Å².